The van der Waals surface area contributed by atoms with Gasteiger partial charge in [-0.1, -0.05) is 112 Å². The van der Waals surface area contributed by atoms with Crippen molar-refractivity contribution in [2.24, 2.45) is 0 Å². The van der Waals surface area contributed by atoms with Crippen LogP contribution in [0.25, 0.3) is 12.2 Å². The summed E-state index contributed by atoms with van der Waals surface area (Å²) < 4.78 is 11.4. The summed E-state index contributed by atoms with van der Waals surface area (Å²) in [7, 11) is 0. The Labute approximate surface area is 229 Å². The number of benzene rings is 2. The standard InChI is InChI=1S/C34H44O4/c35-33-27-15-11-7-3-1-5-9-13-21-29-23-17-19-25-31(29)37-34(36)28-16-12-8-4-2-6-10-14-22-30-24-18-20-26-32(30)38-33/h13-14,17-26H,1-12,15-16,27-28H2. The maximum Gasteiger partial charge on any atom is 0.311 e. The van der Waals surface area contributed by atoms with E-state index in [1.54, 1.807) is 0 Å². The number of fused-ring (bicyclic) bond motifs is 2. The fraction of sp³-hybridized carbons (Fsp3) is 0.471. The minimum Gasteiger partial charge on any atom is -0.426 e. The number of allylic oxidation sites excluding steroid dienone is 2. The zero-order chi connectivity index (χ0) is 26.7. The first-order valence-electron chi connectivity index (χ1n) is 14.6. The van der Waals surface area contributed by atoms with Gasteiger partial charge in [0.1, 0.15) is 11.5 Å². The molecule has 1 aliphatic heterocycles. The largest absolute Gasteiger partial charge is 0.426 e. The molecule has 3 rings (SSSR count). The highest BCUT2D eigenvalue weighted by atomic mass is 16.5. The van der Waals surface area contributed by atoms with Gasteiger partial charge in [0.05, 0.1) is 0 Å². The van der Waals surface area contributed by atoms with Crippen LogP contribution in [0, 0.1) is 0 Å². The number of carbonyl (C=O) groups is 2. The van der Waals surface area contributed by atoms with Gasteiger partial charge < -0.3 is 9.47 Å². The Morgan fingerprint density at radius 1 is 0.447 bits per heavy atom. The van der Waals surface area contributed by atoms with Crippen molar-refractivity contribution in [1.29, 1.82) is 0 Å². The van der Waals surface area contributed by atoms with Crippen LogP contribution in [0.4, 0.5) is 0 Å². The quantitative estimate of drug-likeness (QED) is 0.258. The number of esters is 2. The molecule has 1 aliphatic rings. The third-order valence-electron chi connectivity index (χ3n) is 6.88. The van der Waals surface area contributed by atoms with Gasteiger partial charge in [0.15, 0.2) is 0 Å². The molecule has 1 heterocycles. The predicted molar refractivity (Wildman–Crippen MR) is 156 cm³/mol. The Morgan fingerprint density at radius 3 is 1.26 bits per heavy atom. The SMILES string of the molecule is O=C1CCCCCCCCC=Cc2ccccc2OC(=O)CCCCCCCCC=Cc2ccccc2O1. The number of rotatable bonds is 0. The van der Waals surface area contributed by atoms with Crippen molar-refractivity contribution in [1.82, 2.24) is 0 Å². The smallest absolute Gasteiger partial charge is 0.311 e. The molecule has 4 heteroatoms. The fourth-order valence-electron chi connectivity index (χ4n) is 4.67. The average Bonchev–Trinajstić information content (AvgIpc) is 2.92. The van der Waals surface area contributed by atoms with Crippen LogP contribution in [-0.4, -0.2) is 11.9 Å². The lowest BCUT2D eigenvalue weighted by Gasteiger charge is -2.08. The zero-order valence-corrected chi connectivity index (χ0v) is 22.9. The first-order chi connectivity index (χ1) is 18.7. The van der Waals surface area contributed by atoms with Gasteiger partial charge in [-0.15, -0.1) is 0 Å². The van der Waals surface area contributed by atoms with Crippen LogP contribution in [0.5, 0.6) is 11.5 Å². The summed E-state index contributed by atoms with van der Waals surface area (Å²) in [5, 5.41) is 0. The lowest BCUT2D eigenvalue weighted by molar-refractivity contribution is -0.135. The molecular formula is C34H44O4. The molecule has 0 N–H and O–H groups in total. The van der Waals surface area contributed by atoms with Crippen molar-refractivity contribution >= 4 is 24.1 Å². The second-order valence-corrected chi connectivity index (χ2v) is 10.1. The summed E-state index contributed by atoms with van der Waals surface area (Å²) in [5.74, 6) is 1.01. The van der Waals surface area contributed by atoms with Crippen molar-refractivity contribution < 1.29 is 19.1 Å². The van der Waals surface area contributed by atoms with Crippen molar-refractivity contribution in [3.8, 4) is 11.5 Å². The molecule has 0 atom stereocenters. The van der Waals surface area contributed by atoms with Crippen LogP contribution in [0.15, 0.2) is 60.7 Å². The maximum absolute atomic E-state index is 12.4. The molecule has 0 radical (unpaired) electrons. The normalized spacial score (nSPS) is 18.2. The first kappa shape index (κ1) is 29.4. The zero-order valence-electron chi connectivity index (χ0n) is 22.9. The minimum atomic E-state index is -0.143. The molecule has 204 valence electrons. The lowest BCUT2D eigenvalue weighted by atomic mass is 10.1. The Hall–Kier alpha value is -3.14. The molecule has 2 aromatic carbocycles. The van der Waals surface area contributed by atoms with E-state index >= 15 is 0 Å². The molecule has 0 amide bonds. The summed E-state index contributed by atoms with van der Waals surface area (Å²) in [6.07, 6.45) is 24.4. The van der Waals surface area contributed by atoms with Gasteiger partial charge in [-0.3, -0.25) is 9.59 Å². The molecule has 4 nitrogen and oxygen atoms in total. The van der Waals surface area contributed by atoms with Gasteiger partial charge in [0.25, 0.3) is 0 Å². The summed E-state index contributed by atoms with van der Waals surface area (Å²) in [5.41, 5.74) is 1.91. The van der Waals surface area contributed by atoms with E-state index in [2.05, 4.69) is 24.3 Å². The third-order valence-corrected chi connectivity index (χ3v) is 6.88. The van der Waals surface area contributed by atoms with Gasteiger partial charge in [-0.25, -0.2) is 0 Å². The number of hydrogen-bond acceptors (Lipinski definition) is 4. The lowest BCUT2D eigenvalue weighted by Crippen LogP contribution is -2.08. The third kappa shape index (κ3) is 11.9. The minimum absolute atomic E-state index is 0.143. The second-order valence-electron chi connectivity index (χ2n) is 10.1. The Kier molecular flexibility index (Phi) is 14.1. The molecular weight excluding hydrogens is 472 g/mol. The van der Waals surface area contributed by atoms with Crippen molar-refractivity contribution in [2.75, 3.05) is 0 Å². The highest BCUT2D eigenvalue weighted by Gasteiger charge is 2.09. The average molecular weight is 517 g/mol. The predicted octanol–water partition coefficient (Wildman–Crippen LogP) is 9.48. The van der Waals surface area contributed by atoms with Gasteiger partial charge >= 0.3 is 11.9 Å². The van der Waals surface area contributed by atoms with Crippen LogP contribution in [0.1, 0.15) is 114 Å². The molecule has 38 heavy (non-hydrogen) atoms. The Balaban J connectivity index is 1.51. The molecule has 0 saturated heterocycles. The number of para-hydroxylation sites is 2. The molecule has 0 aliphatic carbocycles. The van der Waals surface area contributed by atoms with E-state index < -0.39 is 0 Å². The maximum atomic E-state index is 12.4. The van der Waals surface area contributed by atoms with Gasteiger partial charge in [-0.05, 0) is 50.7 Å². The highest BCUT2D eigenvalue weighted by molar-refractivity contribution is 5.75. The van der Waals surface area contributed by atoms with E-state index in [9.17, 15) is 9.59 Å². The molecule has 0 saturated carbocycles. The highest BCUT2D eigenvalue weighted by Crippen LogP contribution is 2.23. The van der Waals surface area contributed by atoms with Gasteiger partial charge in [0.2, 0.25) is 0 Å². The Morgan fingerprint density at radius 2 is 0.816 bits per heavy atom. The summed E-state index contributed by atoms with van der Waals surface area (Å²) in [6.45, 7) is 0. The van der Waals surface area contributed by atoms with E-state index in [4.69, 9.17) is 9.47 Å². The van der Waals surface area contributed by atoms with Crippen LogP contribution < -0.4 is 9.47 Å². The second kappa shape index (κ2) is 18.2. The summed E-state index contributed by atoms with van der Waals surface area (Å²) in [6, 6.07) is 15.5. The van der Waals surface area contributed by atoms with E-state index in [1.807, 2.05) is 48.5 Å². The molecule has 2 aromatic rings. The molecule has 0 fully saturated rings. The molecule has 0 bridgehead atoms. The van der Waals surface area contributed by atoms with E-state index in [-0.39, 0.29) is 11.9 Å². The van der Waals surface area contributed by atoms with Crippen molar-refractivity contribution in [3.63, 3.8) is 0 Å². The van der Waals surface area contributed by atoms with Crippen LogP contribution in [-0.2, 0) is 9.59 Å². The molecule has 0 aromatic heterocycles. The van der Waals surface area contributed by atoms with Gasteiger partial charge in [0, 0.05) is 24.0 Å². The number of carbonyl (C=O) groups excluding carboxylic acids is 2. The monoisotopic (exact) mass is 516 g/mol. The van der Waals surface area contributed by atoms with Crippen LogP contribution in [0.2, 0.25) is 0 Å². The van der Waals surface area contributed by atoms with E-state index in [0.717, 1.165) is 75.3 Å². The van der Waals surface area contributed by atoms with E-state index in [1.165, 1.54) is 25.7 Å². The van der Waals surface area contributed by atoms with E-state index in [0.29, 0.717) is 24.3 Å². The van der Waals surface area contributed by atoms with Crippen LogP contribution in [0.3, 0.4) is 0 Å². The molecule has 0 spiro atoms. The van der Waals surface area contributed by atoms with Gasteiger partial charge in [-0.2, -0.15) is 0 Å². The summed E-state index contributed by atoms with van der Waals surface area (Å²) in [4.78, 5) is 24.8. The van der Waals surface area contributed by atoms with Crippen molar-refractivity contribution in [3.05, 3.63) is 71.8 Å². The number of ether oxygens (including phenoxy) is 2. The van der Waals surface area contributed by atoms with Crippen molar-refractivity contribution in [2.45, 2.75) is 103 Å². The van der Waals surface area contributed by atoms with Crippen LogP contribution >= 0.6 is 0 Å². The number of hydrogen-bond donors (Lipinski definition) is 0. The summed E-state index contributed by atoms with van der Waals surface area (Å²) >= 11 is 0. The fourth-order valence-corrected chi connectivity index (χ4v) is 4.67. The first-order valence-corrected chi connectivity index (χ1v) is 14.6. The Bertz CT molecular complexity index is 953. The topological polar surface area (TPSA) is 52.6 Å². The molecule has 0 unspecified atom stereocenters.